The van der Waals surface area contributed by atoms with Crippen LogP contribution in [0.4, 0.5) is 5.82 Å². The van der Waals surface area contributed by atoms with Crippen LogP contribution in [0.5, 0.6) is 0 Å². The van der Waals surface area contributed by atoms with Crippen LogP contribution in [0.2, 0.25) is 0 Å². The van der Waals surface area contributed by atoms with E-state index in [9.17, 15) is 5.11 Å². The molecular weight excluding hydrogens is 324 g/mol. The van der Waals surface area contributed by atoms with Gasteiger partial charge in [0.15, 0.2) is 11.5 Å². The number of aliphatic hydroxyl groups is 1. The lowest BCUT2D eigenvalue weighted by Gasteiger charge is -2.41. The van der Waals surface area contributed by atoms with Gasteiger partial charge in [-0.3, -0.25) is 4.90 Å². The third kappa shape index (κ3) is 3.00. The predicted octanol–water partition coefficient (Wildman–Crippen LogP) is 1.49. The summed E-state index contributed by atoms with van der Waals surface area (Å²) >= 11 is 1.73. The minimum Gasteiger partial charge on any atom is -0.396 e. The number of hydrogen-bond donors (Lipinski definition) is 2. The Morgan fingerprint density at radius 2 is 2.25 bits per heavy atom. The molecule has 1 unspecified atom stereocenters. The molecule has 4 rings (SSSR count). The number of hydrogen-bond acceptors (Lipinski definition) is 7. The van der Waals surface area contributed by atoms with Gasteiger partial charge in [-0.15, -0.1) is 0 Å². The average molecular weight is 344 g/mol. The van der Waals surface area contributed by atoms with Crippen LogP contribution in [-0.4, -0.2) is 62.2 Å². The second-order valence-corrected chi connectivity index (χ2v) is 6.79. The summed E-state index contributed by atoms with van der Waals surface area (Å²) in [6, 6.07) is 2.47. The Balaban J connectivity index is 1.54. The van der Waals surface area contributed by atoms with Crippen molar-refractivity contribution >= 4 is 28.3 Å². The molecule has 0 radical (unpaired) electrons. The highest BCUT2D eigenvalue weighted by atomic mass is 32.1. The molecule has 3 aromatic rings. The van der Waals surface area contributed by atoms with Crippen LogP contribution in [0.3, 0.4) is 0 Å². The van der Waals surface area contributed by atoms with E-state index in [1.807, 2.05) is 0 Å². The van der Waals surface area contributed by atoms with E-state index in [2.05, 4.69) is 46.6 Å². The molecule has 0 saturated carbocycles. The molecule has 0 spiro atoms. The summed E-state index contributed by atoms with van der Waals surface area (Å²) < 4.78 is 0. The molecule has 0 bridgehead atoms. The van der Waals surface area contributed by atoms with Gasteiger partial charge in [-0.2, -0.15) is 11.3 Å². The van der Waals surface area contributed by atoms with Crippen molar-refractivity contribution in [2.24, 2.45) is 0 Å². The number of rotatable bonds is 5. The quantitative estimate of drug-likeness (QED) is 0.730. The minimum absolute atomic E-state index is 0.196. The Bertz CT molecular complexity index is 789. The van der Waals surface area contributed by atoms with Crippen molar-refractivity contribution in [3.63, 3.8) is 0 Å². The van der Waals surface area contributed by atoms with Gasteiger partial charge in [-0.25, -0.2) is 15.0 Å². The summed E-state index contributed by atoms with van der Waals surface area (Å²) in [7, 11) is 0. The number of imidazole rings is 1. The molecule has 1 aliphatic rings. The number of aliphatic hydroxyl groups excluding tert-OH is 1. The highest BCUT2D eigenvalue weighted by Gasteiger charge is 2.28. The van der Waals surface area contributed by atoms with Crippen LogP contribution in [-0.2, 0) is 6.54 Å². The lowest BCUT2D eigenvalue weighted by atomic mass is 10.1. The highest BCUT2D eigenvalue weighted by molar-refractivity contribution is 7.07. The molecule has 126 valence electrons. The lowest BCUT2D eigenvalue weighted by Crippen LogP contribution is -2.53. The molecule has 2 N–H and O–H groups in total. The summed E-state index contributed by atoms with van der Waals surface area (Å²) in [5, 5.41) is 13.8. The van der Waals surface area contributed by atoms with E-state index in [1.54, 1.807) is 24.0 Å². The number of piperazine rings is 1. The molecule has 4 heterocycles. The maximum atomic E-state index is 9.47. The van der Waals surface area contributed by atoms with Crippen molar-refractivity contribution < 1.29 is 5.11 Å². The number of anilines is 1. The summed E-state index contributed by atoms with van der Waals surface area (Å²) in [6.07, 6.45) is 3.98. The fourth-order valence-corrected chi connectivity index (χ4v) is 3.99. The van der Waals surface area contributed by atoms with Crippen LogP contribution in [0.1, 0.15) is 12.0 Å². The Hall–Kier alpha value is -2.03. The average Bonchev–Trinajstić information content (AvgIpc) is 3.27. The van der Waals surface area contributed by atoms with Gasteiger partial charge >= 0.3 is 0 Å². The largest absolute Gasteiger partial charge is 0.396 e. The molecule has 24 heavy (non-hydrogen) atoms. The summed E-state index contributed by atoms with van der Waals surface area (Å²) in [6.45, 7) is 3.82. The first-order valence-corrected chi connectivity index (χ1v) is 9.04. The third-order valence-corrected chi connectivity index (χ3v) is 5.27. The second kappa shape index (κ2) is 6.84. The van der Waals surface area contributed by atoms with Gasteiger partial charge in [0.2, 0.25) is 0 Å². The zero-order valence-corrected chi connectivity index (χ0v) is 14.1. The lowest BCUT2D eigenvalue weighted by molar-refractivity contribution is 0.135. The SMILES string of the molecule is OCCC1CN(c2ncnc3nc[nH]c23)CCN1Cc1ccsc1. The minimum atomic E-state index is 0.196. The smallest absolute Gasteiger partial charge is 0.182 e. The molecule has 0 aliphatic carbocycles. The van der Waals surface area contributed by atoms with Crippen LogP contribution in [0.25, 0.3) is 11.2 Å². The number of nitrogens with one attached hydrogen (secondary N) is 1. The first-order valence-electron chi connectivity index (χ1n) is 8.10. The van der Waals surface area contributed by atoms with E-state index in [-0.39, 0.29) is 6.61 Å². The predicted molar refractivity (Wildman–Crippen MR) is 94.1 cm³/mol. The number of nitrogens with zero attached hydrogens (tertiary/aromatic N) is 5. The van der Waals surface area contributed by atoms with E-state index in [1.165, 1.54) is 5.56 Å². The van der Waals surface area contributed by atoms with E-state index in [0.29, 0.717) is 11.7 Å². The van der Waals surface area contributed by atoms with E-state index in [0.717, 1.165) is 43.9 Å². The molecule has 1 atom stereocenters. The van der Waals surface area contributed by atoms with Crippen molar-refractivity contribution in [2.75, 3.05) is 31.1 Å². The monoisotopic (exact) mass is 344 g/mol. The van der Waals surface area contributed by atoms with E-state index in [4.69, 9.17) is 0 Å². The Morgan fingerprint density at radius 1 is 1.29 bits per heavy atom. The van der Waals surface area contributed by atoms with Gasteiger partial charge in [0, 0.05) is 38.8 Å². The fraction of sp³-hybridized carbons (Fsp3) is 0.438. The number of thiophene rings is 1. The molecule has 1 saturated heterocycles. The van der Waals surface area contributed by atoms with Crippen molar-refractivity contribution in [1.29, 1.82) is 0 Å². The molecule has 0 aromatic carbocycles. The Morgan fingerprint density at radius 3 is 3.08 bits per heavy atom. The van der Waals surface area contributed by atoms with Gasteiger partial charge in [-0.05, 0) is 28.8 Å². The summed E-state index contributed by atoms with van der Waals surface area (Å²) in [4.78, 5) is 20.7. The molecule has 3 aromatic heterocycles. The topological polar surface area (TPSA) is 81.2 Å². The van der Waals surface area contributed by atoms with Gasteiger partial charge < -0.3 is 15.0 Å². The fourth-order valence-electron chi connectivity index (χ4n) is 3.33. The van der Waals surface area contributed by atoms with Crippen LogP contribution >= 0.6 is 11.3 Å². The van der Waals surface area contributed by atoms with Gasteiger partial charge in [0.05, 0.1) is 6.33 Å². The molecular formula is C16H20N6OS. The first kappa shape index (κ1) is 15.5. The number of H-pyrrole nitrogens is 1. The van der Waals surface area contributed by atoms with Gasteiger partial charge in [0.1, 0.15) is 11.8 Å². The maximum absolute atomic E-state index is 9.47. The third-order valence-electron chi connectivity index (χ3n) is 4.54. The Kier molecular flexibility index (Phi) is 4.42. The zero-order valence-electron chi connectivity index (χ0n) is 13.3. The van der Waals surface area contributed by atoms with Crippen molar-refractivity contribution in [1.82, 2.24) is 24.8 Å². The molecule has 7 nitrogen and oxygen atoms in total. The molecule has 1 aliphatic heterocycles. The summed E-state index contributed by atoms with van der Waals surface area (Å²) in [5.41, 5.74) is 2.92. The molecule has 0 amide bonds. The van der Waals surface area contributed by atoms with Crippen molar-refractivity contribution in [2.45, 2.75) is 19.0 Å². The second-order valence-electron chi connectivity index (χ2n) is 6.01. The number of aromatic nitrogens is 4. The zero-order chi connectivity index (χ0) is 16.4. The summed E-state index contributed by atoms with van der Waals surface area (Å²) in [5.74, 6) is 0.899. The first-order chi connectivity index (χ1) is 11.8. The number of aromatic amines is 1. The van der Waals surface area contributed by atoms with E-state index >= 15 is 0 Å². The standard InChI is InChI=1S/C16H20N6OS/c23-5-1-13-8-22(4-3-21(13)7-12-2-6-24-9-12)16-14-15(18-10-17-14)19-11-20-16/h2,6,9-11,13,23H,1,3-5,7-8H2,(H,17,18,19,20). The normalized spacial score (nSPS) is 19.2. The maximum Gasteiger partial charge on any atom is 0.182 e. The molecule has 1 fully saturated rings. The van der Waals surface area contributed by atoms with Crippen LogP contribution in [0, 0.1) is 0 Å². The van der Waals surface area contributed by atoms with Crippen molar-refractivity contribution in [3.8, 4) is 0 Å². The molecule has 8 heteroatoms. The van der Waals surface area contributed by atoms with E-state index < -0.39 is 0 Å². The number of fused-ring (bicyclic) bond motifs is 1. The van der Waals surface area contributed by atoms with Crippen LogP contribution < -0.4 is 4.90 Å². The van der Waals surface area contributed by atoms with Gasteiger partial charge in [0.25, 0.3) is 0 Å². The van der Waals surface area contributed by atoms with Crippen molar-refractivity contribution in [3.05, 3.63) is 35.0 Å². The van der Waals surface area contributed by atoms with Crippen LogP contribution in [0.15, 0.2) is 29.5 Å². The Labute approximate surface area is 144 Å². The highest BCUT2D eigenvalue weighted by Crippen LogP contribution is 2.25. The van der Waals surface area contributed by atoms with Gasteiger partial charge in [-0.1, -0.05) is 0 Å².